The molecule has 28 heavy (non-hydrogen) atoms. The molecule has 0 amide bonds. The number of aryl methyl sites for hydroxylation is 1. The molecule has 0 N–H and O–H groups in total. The first-order valence-electron chi connectivity index (χ1n) is 9.42. The molecule has 0 radical (unpaired) electrons. The summed E-state index contributed by atoms with van der Waals surface area (Å²) in [4.78, 5) is 32.0. The lowest BCUT2D eigenvalue weighted by Crippen LogP contribution is -2.46. The lowest BCUT2D eigenvalue weighted by Gasteiger charge is -2.36. The second-order valence-electron chi connectivity index (χ2n) is 7.41. The lowest BCUT2D eigenvalue weighted by atomic mass is 10.2. The zero-order chi connectivity index (χ0) is 19.7. The Morgan fingerprint density at radius 2 is 1.75 bits per heavy atom. The molecule has 3 heterocycles. The summed E-state index contributed by atoms with van der Waals surface area (Å²) in [6.07, 6.45) is 5.39. The number of anilines is 2. The first-order chi connectivity index (χ1) is 13.5. The van der Waals surface area contributed by atoms with E-state index in [-0.39, 0.29) is 5.56 Å². The maximum absolute atomic E-state index is 12.2. The minimum Gasteiger partial charge on any atom is -0.369 e. The van der Waals surface area contributed by atoms with Crippen molar-refractivity contribution in [3.63, 3.8) is 0 Å². The third-order valence-corrected chi connectivity index (χ3v) is 5.14. The Balaban J connectivity index is 1.40. The van der Waals surface area contributed by atoms with Crippen LogP contribution in [-0.4, -0.2) is 64.7 Å². The largest absolute Gasteiger partial charge is 0.369 e. The third kappa shape index (κ3) is 3.68. The van der Waals surface area contributed by atoms with Crippen LogP contribution in [0.2, 0.25) is 0 Å². The van der Waals surface area contributed by atoms with Crippen molar-refractivity contribution >= 4 is 22.5 Å². The molecule has 4 rings (SSSR count). The highest BCUT2D eigenvalue weighted by Gasteiger charge is 2.18. The van der Waals surface area contributed by atoms with E-state index in [4.69, 9.17) is 0 Å². The number of rotatable bonds is 4. The van der Waals surface area contributed by atoms with Gasteiger partial charge in [0, 0.05) is 77.5 Å². The van der Waals surface area contributed by atoms with Crippen LogP contribution in [0.25, 0.3) is 10.9 Å². The van der Waals surface area contributed by atoms with E-state index in [0.29, 0.717) is 5.39 Å². The predicted molar refractivity (Wildman–Crippen MR) is 111 cm³/mol. The molecule has 1 aliphatic heterocycles. The topological polar surface area (TPSA) is 70.4 Å². The summed E-state index contributed by atoms with van der Waals surface area (Å²) in [5.41, 5.74) is 2.99. The molecular weight excluding hydrogens is 354 g/mol. The summed E-state index contributed by atoms with van der Waals surface area (Å²) in [5.74, 6) is 0.730. The minimum absolute atomic E-state index is 0.0103. The van der Waals surface area contributed by atoms with E-state index >= 15 is 0 Å². The number of benzene rings is 1. The smallest absolute Gasteiger partial charge is 0.260 e. The van der Waals surface area contributed by atoms with Crippen molar-refractivity contribution in [2.24, 2.45) is 7.05 Å². The fourth-order valence-corrected chi connectivity index (χ4v) is 3.48. The third-order valence-electron chi connectivity index (χ3n) is 5.14. The van der Waals surface area contributed by atoms with Gasteiger partial charge >= 0.3 is 0 Å². The van der Waals surface area contributed by atoms with E-state index in [1.165, 1.54) is 4.57 Å². The van der Waals surface area contributed by atoms with Crippen LogP contribution in [0.5, 0.6) is 0 Å². The van der Waals surface area contributed by atoms with Crippen molar-refractivity contribution in [2.75, 3.05) is 50.1 Å². The van der Waals surface area contributed by atoms with E-state index in [1.807, 2.05) is 49.6 Å². The molecule has 0 aliphatic carbocycles. The molecule has 146 valence electrons. The summed E-state index contributed by atoms with van der Waals surface area (Å²) in [7, 11) is 5.60. The molecule has 8 heteroatoms. The van der Waals surface area contributed by atoms with Gasteiger partial charge in [-0.25, -0.2) is 15.0 Å². The lowest BCUT2D eigenvalue weighted by molar-refractivity contribution is 0.249. The van der Waals surface area contributed by atoms with Crippen LogP contribution < -0.4 is 15.4 Å². The van der Waals surface area contributed by atoms with Crippen LogP contribution in [-0.2, 0) is 13.6 Å². The molecule has 1 aliphatic rings. The quantitative estimate of drug-likeness (QED) is 0.673. The van der Waals surface area contributed by atoms with Gasteiger partial charge in [0.25, 0.3) is 5.56 Å². The summed E-state index contributed by atoms with van der Waals surface area (Å²) < 4.78 is 1.51. The molecule has 0 atom stereocenters. The fraction of sp³-hybridized carbons (Fsp3) is 0.400. The molecule has 2 aromatic heterocycles. The van der Waals surface area contributed by atoms with Gasteiger partial charge in [0.05, 0.1) is 17.2 Å². The van der Waals surface area contributed by atoms with E-state index in [1.54, 1.807) is 13.4 Å². The Morgan fingerprint density at radius 1 is 1.04 bits per heavy atom. The molecule has 0 bridgehead atoms. The second kappa shape index (κ2) is 7.55. The predicted octanol–water partition coefficient (Wildman–Crippen LogP) is 1.11. The number of nitrogens with zero attached hydrogens (tertiary/aromatic N) is 7. The molecule has 1 saturated heterocycles. The van der Waals surface area contributed by atoms with Crippen LogP contribution in [0.1, 0.15) is 5.56 Å². The van der Waals surface area contributed by atoms with Crippen molar-refractivity contribution < 1.29 is 0 Å². The molecule has 0 saturated carbocycles. The Kier molecular flexibility index (Phi) is 4.95. The van der Waals surface area contributed by atoms with Crippen LogP contribution in [0, 0.1) is 0 Å². The molecular formula is C20H25N7O. The number of hydrogen-bond acceptors (Lipinski definition) is 7. The average Bonchev–Trinajstić information content (AvgIpc) is 2.71. The first-order valence-corrected chi connectivity index (χ1v) is 9.42. The molecule has 8 nitrogen and oxygen atoms in total. The van der Waals surface area contributed by atoms with Gasteiger partial charge in [0.15, 0.2) is 0 Å². The van der Waals surface area contributed by atoms with Crippen LogP contribution in [0.4, 0.5) is 11.6 Å². The summed E-state index contributed by atoms with van der Waals surface area (Å²) >= 11 is 0. The second-order valence-corrected chi connectivity index (χ2v) is 7.41. The molecule has 0 unspecified atom stereocenters. The Labute approximate surface area is 164 Å². The average molecular weight is 379 g/mol. The van der Waals surface area contributed by atoms with Crippen molar-refractivity contribution in [1.29, 1.82) is 0 Å². The summed E-state index contributed by atoms with van der Waals surface area (Å²) in [6, 6.07) is 5.92. The number of aromatic nitrogens is 4. The van der Waals surface area contributed by atoms with Crippen molar-refractivity contribution in [2.45, 2.75) is 6.54 Å². The minimum atomic E-state index is -0.0103. The van der Waals surface area contributed by atoms with Crippen LogP contribution in [0.3, 0.4) is 0 Å². The Morgan fingerprint density at radius 3 is 2.43 bits per heavy atom. The maximum Gasteiger partial charge on any atom is 0.260 e. The van der Waals surface area contributed by atoms with Gasteiger partial charge in [-0.1, -0.05) is 0 Å². The summed E-state index contributed by atoms with van der Waals surface area (Å²) in [6.45, 7) is 4.67. The van der Waals surface area contributed by atoms with Crippen molar-refractivity contribution in [3.8, 4) is 0 Å². The number of fused-ring (bicyclic) bond motifs is 1. The van der Waals surface area contributed by atoms with E-state index in [9.17, 15) is 4.79 Å². The highest BCUT2D eigenvalue weighted by molar-refractivity contribution is 5.81. The first kappa shape index (κ1) is 18.4. The van der Waals surface area contributed by atoms with E-state index in [2.05, 4.69) is 24.8 Å². The monoisotopic (exact) mass is 379 g/mol. The van der Waals surface area contributed by atoms with E-state index in [0.717, 1.165) is 55.4 Å². The van der Waals surface area contributed by atoms with Crippen molar-refractivity contribution in [3.05, 3.63) is 52.8 Å². The highest BCUT2D eigenvalue weighted by Crippen LogP contribution is 2.21. The van der Waals surface area contributed by atoms with Crippen molar-refractivity contribution in [1.82, 2.24) is 24.4 Å². The number of piperazine rings is 1. The molecule has 3 aromatic rings. The summed E-state index contributed by atoms with van der Waals surface area (Å²) in [5, 5.41) is 0.661. The molecule has 1 fully saturated rings. The Bertz CT molecular complexity index is 1020. The highest BCUT2D eigenvalue weighted by atomic mass is 16.1. The van der Waals surface area contributed by atoms with E-state index < -0.39 is 0 Å². The van der Waals surface area contributed by atoms with Gasteiger partial charge in [0.2, 0.25) is 5.95 Å². The normalized spacial score (nSPS) is 15.2. The molecule has 0 spiro atoms. The maximum atomic E-state index is 12.2. The fourth-order valence-electron chi connectivity index (χ4n) is 3.48. The zero-order valence-electron chi connectivity index (χ0n) is 16.5. The molecule has 1 aromatic carbocycles. The van der Waals surface area contributed by atoms with Crippen LogP contribution in [0.15, 0.2) is 41.7 Å². The van der Waals surface area contributed by atoms with Gasteiger partial charge in [0.1, 0.15) is 0 Å². The van der Waals surface area contributed by atoms with Gasteiger partial charge in [-0.2, -0.15) is 0 Å². The standard InChI is InChI=1S/C20H25N7O/c1-24(2)20-21-11-15(12-22-20)13-26-6-8-27(9-7-26)16-4-5-17-18(10-16)23-14-25(3)19(17)28/h4-5,10-12,14H,6-9,13H2,1-3H3. The van der Waals surface area contributed by atoms with Gasteiger partial charge < -0.3 is 14.4 Å². The number of hydrogen-bond donors (Lipinski definition) is 0. The van der Waals surface area contributed by atoms with Crippen LogP contribution >= 0.6 is 0 Å². The SMILES string of the molecule is CN(C)c1ncc(CN2CCN(c3ccc4c(=O)n(C)cnc4c3)CC2)cn1. The zero-order valence-corrected chi connectivity index (χ0v) is 16.5. The van der Waals surface area contributed by atoms with Gasteiger partial charge in [-0.3, -0.25) is 9.69 Å². The van der Waals surface area contributed by atoms with Gasteiger partial charge in [-0.05, 0) is 18.2 Å². The van der Waals surface area contributed by atoms with Gasteiger partial charge in [-0.15, -0.1) is 0 Å². The Hall–Kier alpha value is -3.00.